The largest absolute Gasteiger partial charge is 0.481 e. The third-order valence-electron chi connectivity index (χ3n) is 5.07. The summed E-state index contributed by atoms with van der Waals surface area (Å²) in [5.74, 6) is -0.382. The highest BCUT2D eigenvalue weighted by molar-refractivity contribution is 5.76. The molecule has 0 aliphatic heterocycles. The zero-order chi connectivity index (χ0) is 20.9. The topological polar surface area (TPSA) is 83.5 Å². The highest BCUT2D eigenvalue weighted by atomic mass is 16.4. The zero-order valence-electron chi connectivity index (χ0n) is 18.1. The normalized spacial score (nSPS) is 10.8. The summed E-state index contributed by atoms with van der Waals surface area (Å²) in [6, 6.07) is 0. The summed E-state index contributed by atoms with van der Waals surface area (Å²) in [6.07, 6.45) is 18.9. The van der Waals surface area contributed by atoms with Crippen LogP contribution in [0, 0.1) is 0 Å². The summed E-state index contributed by atoms with van der Waals surface area (Å²) in [4.78, 5) is 32.8. The summed E-state index contributed by atoms with van der Waals surface area (Å²) >= 11 is 0. The molecule has 2 N–H and O–H groups in total. The molecule has 0 radical (unpaired) electrons. The Morgan fingerprint density at radius 3 is 1.36 bits per heavy atom. The van der Waals surface area contributed by atoms with Gasteiger partial charge in [-0.05, 0) is 26.2 Å². The number of rotatable bonds is 21. The maximum absolute atomic E-state index is 11.6. The predicted molar refractivity (Wildman–Crippen MR) is 114 cm³/mol. The third kappa shape index (κ3) is 22.7. The third-order valence-corrected chi connectivity index (χ3v) is 5.07. The second kappa shape index (κ2) is 20.3. The monoisotopic (exact) mass is 397 g/mol. The van der Waals surface area contributed by atoms with Crippen LogP contribution in [-0.4, -0.2) is 29.3 Å². The number of ketones is 1. The van der Waals surface area contributed by atoms with E-state index < -0.39 is 5.97 Å². The highest BCUT2D eigenvalue weighted by Crippen LogP contribution is 2.13. The Hall–Kier alpha value is -1.39. The number of nitrogens with one attached hydrogen (secondary N) is 1. The van der Waals surface area contributed by atoms with Gasteiger partial charge in [-0.15, -0.1) is 0 Å². The van der Waals surface area contributed by atoms with Crippen molar-refractivity contribution < 1.29 is 19.5 Å². The first-order chi connectivity index (χ1) is 13.5. The lowest BCUT2D eigenvalue weighted by Gasteiger charge is -2.05. The number of hydrogen-bond donors (Lipinski definition) is 2. The first-order valence-corrected chi connectivity index (χ1v) is 11.5. The van der Waals surface area contributed by atoms with Crippen molar-refractivity contribution in [2.75, 3.05) is 6.54 Å². The van der Waals surface area contributed by atoms with Gasteiger partial charge in [0.2, 0.25) is 5.91 Å². The average Bonchev–Trinajstić information content (AvgIpc) is 2.64. The van der Waals surface area contributed by atoms with E-state index in [1.165, 1.54) is 64.2 Å². The van der Waals surface area contributed by atoms with E-state index in [0.717, 1.165) is 32.1 Å². The minimum absolute atomic E-state index is 0.116. The lowest BCUT2D eigenvalue weighted by atomic mass is 10.0. The van der Waals surface area contributed by atoms with Gasteiger partial charge in [0, 0.05) is 25.8 Å². The molecular formula is C23H43NO4. The molecule has 1 amide bonds. The number of carboxylic acids is 1. The van der Waals surface area contributed by atoms with E-state index in [1.54, 1.807) is 6.92 Å². The predicted octanol–water partition coefficient (Wildman–Crippen LogP) is 5.80. The minimum Gasteiger partial charge on any atom is -0.481 e. The van der Waals surface area contributed by atoms with Crippen LogP contribution in [0.4, 0.5) is 0 Å². The molecule has 0 aromatic carbocycles. The molecule has 0 atom stereocenters. The number of hydrogen-bond acceptors (Lipinski definition) is 3. The number of carbonyl (C=O) groups excluding carboxylic acids is 2. The van der Waals surface area contributed by atoms with Crippen LogP contribution in [0.3, 0.4) is 0 Å². The van der Waals surface area contributed by atoms with Crippen molar-refractivity contribution in [2.45, 2.75) is 122 Å². The fraction of sp³-hybridized carbons (Fsp3) is 0.870. The summed E-state index contributed by atoms with van der Waals surface area (Å²) in [7, 11) is 0. The second-order valence-corrected chi connectivity index (χ2v) is 8.00. The van der Waals surface area contributed by atoms with E-state index in [4.69, 9.17) is 5.11 Å². The van der Waals surface area contributed by atoms with Gasteiger partial charge in [0.25, 0.3) is 0 Å². The van der Waals surface area contributed by atoms with E-state index >= 15 is 0 Å². The quantitative estimate of drug-likeness (QED) is 0.240. The SMILES string of the molecule is CC(=O)CCCNC(=O)CCCCCCCCCCCCCCCCC(=O)O. The molecule has 0 aliphatic carbocycles. The number of carbonyl (C=O) groups is 3. The van der Waals surface area contributed by atoms with Crippen molar-refractivity contribution >= 4 is 17.7 Å². The molecule has 0 spiro atoms. The van der Waals surface area contributed by atoms with E-state index in [-0.39, 0.29) is 11.7 Å². The Morgan fingerprint density at radius 1 is 0.571 bits per heavy atom. The number of carboxylic acid groups (broad SMARTS) is 1. The van der Waals surface area contributed by atoms with Gasteiger partial charge in [-0.3, -0.25) is 9.59 Å². The van der Waals surface area contributed by atoms with Crippen molar-refractivity contribution in [3.8, 4) is 0 Å². The number of amides is 1. The van der Waals surface area contributed by atoms with Gasteiger partial charge in [-0.2, -0.15) is 0 Å². The van der Waals surface area contributed by atoms with Gasteiger partial charge in [0.05, 0.1) is 0 Å². The number of Topliss-reactive ketones (excluding diaryl/α,β-unsaturated/α-hetero) is 1. The molecule has 0 fully saturated rings. The molecule has 0 bridgehead atoms. The number of unbranched alkanes of at least 4 members (excludes halogenated alkanes) is 13. The Kier molecular flexibility index (Phi) is 19.3. The fourth-order valence-electron chi connectivity index (χ4n) is 3.34. The van der Waals surface area contributed by atoms with Crippen LogP contribution >= 0.6 is 0 Å². The Morgan fingerprint density at radius 2 is 0.964 bits per heavy atom. The molecule has 0 rings (SSSR count). The first-order valence-electron chi connectivity index (χ1n) is 11.5. The van der Waals surface area contributed by atoms with E-state index in [2.05, 4.69) is 5.32 Å². The molecule has 5 nitrogen and oxygen atoms in total. The van der Waals surface area contributed by atoms with Gasteiger partial charge in [-0.25, -0.2) is 0 Å². The van der Waals surface area contributed by atoms with Crippen LogP contribution < -0.4 is 5.32 Å². The van der Waals surface area contributed by atoms with Crippen LogP contribution in [0.25, 0.3) is 0 Å². The van der Waals surface area contributed by atoms with E-state index in [9.17, 15) is 14.4 Å². The Labute approximate surface area is 172 Å². The fourth-order valence-corrected chi connectivity index (χ4v) is 3.34. The van der Waals surface area contributed by atoms with Gasteiger partial charge in [0.1, 0.15) is 5.78 Å². The van der Waals surface area contributed by atoms with Gasteiger partial charge in [0.15, 0.2) is 0 Å². The molecule has 0 heterocycles. The van der Waals surface area contributed by atoms with Crippen molar-refractivity contribution in [2.24, 2.45) is 0 Å². The molecule has 0 saturated heterocycles. The molecule has 164 valence electrons. The van der Waals surface area contributed by atoms with Crippen LogP contribution in [0.15, 0.2) is 0 Å². The van der Waals surface area contributed by atoms with Gasteiger partial charge in [-0.1, -0.05) is 77.0 Å². The molecule has 0 unspecified atom stereocenters. The Bertz CT molecular complexity index is 409. The van der Waals surface area contributed by atoms with E-state index in [0.29, 0.717) is 25.8 Å². The number of aliphatic carboxylic acids is 1. The van der Waals surface area contributed by atoms with Gasteiger partial charge >= 0.3 is 5.97 Å². The van der Waals surface area contributed by atoms with Crippen LogP contribution in [-0.2, 0) is 14.4 Å². The second-order valence-electron chi connectivity index (χ2n) is 8.00. The standard InChI is InChI=1S/C23H43NO4/c1-21(25)17-16-20-24-22(26)18-14-12-10-8-6-4-2-3-5-7-9-11-13-15-19-23(27)28/h2-20H2,1H3,(H,24,26)(H,27,28). The average molecular weight is 398 g/mol. The summed E-state index contributed by atoms with van der Waals surface area (Å²) in [5.41, 5.74) is 0. The van der Waals surface area contributed by atoms with Crippen LogP contribution in [0.1, 0.15) is 122 Å². The molecule has 0 saturated carbocycles. The molecule has 0 aliphatic rings. The van der Waals surface area contributed by atoms with Crippen molar-refractivity contribution in [3.63, 3.8) is 0 Å². The van der Waals surface area contributed by atoms with Crippen molar-refractivity contribution in [1.82, 2.24) is 5.32 Å². The molecule has 28 heavy (non-hydrogen) atoms. The first kappa shape index (κ1) is 26.6. The van der Waals surface area contributed by atoms with Crippen LogP contribution in [0.2, 0.25) is 0 Å². The molecule has 0 aromatic heterocycles. The highest BCUT2D eigenvalue weighted by Gasteiger charge is 2.01. The van der Waals surface area contributed by atoms with Crippen LogP contribution in [0.5, 0.6) is 0 Å². The van der Waals surface area contributed by atoms with E-state index in [1.807, 2.05) is 0 Å². The maximum atomic E-state index is 11.6. The lowest BCUT2D eigenvalue weighted by Crippen LogP contribution is -2.24. The lowest BCUT2D eigenvalue weighted by molar-refractivity contribution is -0.137. The summed E-state index contributed by atoms with van der Waals surface area (Å²) < 4.78 is 0. The Balaban J connectivity index is 3.14. The maximum Gasteiger partial charge on any atom is 0.303 e. The zero-order valence-corrected chi connectivity index (χ0v) is 18.1. The molecule has 5 heteroatoms. The minimum atomic E-state index is -0.678. The molecular weight excluding hydrogens is 354 g/mol. The van der Waals surface area contributed by atoms with Crippen molar-refractivity contribution in [3.05, 3.63) is 0 Å². The van der Waals surface area contributed by atoms with Crippen molar-refractivity contribution in [1.29, 1.82) is 0 Å². The summed E-state index contributed by atoms with van der Waals surface area (Å²) in [6.45, 7) is 2.20. The summed E-state index contributed by atoms with van der Waals surface area (Å²) in [5, 5.41) is 11.4. The smallest absolute Gasteiger partial charge is 0.303 e. The van der Waals surface area contributed by atoms with Gasteiger partial charge < -0.3 is 15.2 Å². The molecule has 0 aromatic rings.